The summed E-state index contributed by atoms with van der Waals surface area (Å²) >= 11 is 0. The first-order valence-electron chi connectivity index (χ1n) is 16.8. The van der Waals surface area contributed by atoms with E-state index in [1.807, 2.05) is 0 Å². The van der Waals surface area contributed by atoms with Gasteiger partial charge in [0.2, 0.25) is 0 Å². The van der Waals surface area contributed by atoms with Crippen LogP contribution in [0.15, 0.2) is 164 Å². The van der Waals surface area contributed by atoms with E-state index < -0.39 is 0 Å². The van der Waals surface area contributed by atoms with Crippen LogP contribution in [0.1, 0.15) is 25.0 Å². The second kappa shape index (κ2) is 10.0. The van der Waals surface area contributed by atoms with E-state index >= 15 is 0 Å². The highest BCUT2D eigenvalue weighted by molar-refractivity contribution is 6.26. The average Bonchev–Trinajstić information content (AvgIpc) is 3.36. The second-order valence-corrected chi connectivity index (χ2v) is 13.8. The number of hydrogen-bond donors (Lipinski definition) is 0. The SMILES string of the molecule is CC1(C)c2ccccc2-c2cc3c4ccccc4c4cc(N(c5ccc6ccccc6c5)c5ccc6ccccc6c5)ccc4c3cc21. The standard InChI is InChI=1S/C47H33N/c1-47(2)45-18-10-9-17-40(45)44-28-42-38-16-8-7-15-37(38)41-27-36(23-24-39(41)43(42)29-46(44)47)48(34-21-19-30-11-3-5-13-32(30)25-34)35-22-20-31-12-4-6-14-33(31)26-35/h3-29H,1-2H3. The molecular weight excluding hydrogens is 579 g/mol. The van der Waals surface area contributed by atoms with Crippen LogP contribution in [0.25, 0.3) is 65.0 Å². The third-order valence-corrected chi connectivity index (χ3v) is 10.8. The molecule has 0 N–H and O–H groups in total. The first-order valence-corrected chi connectivity index (χ1v) is 16.8. The number of hydrogen-bond acceptors (Lipinski definition) is 1. The van der Waals surface area contributed by atoms with Crippen molar-refractivity contribution in [1.82, 2.24) is 0 Å². The van der Waals surface area contributed by atoms with Crippen LogP contribution in [0.2, 0.25) is 0 Å². The molecule has 0 unspecified atom stereocenters. The lowest BCUT2D eigenvalue weighted by molar-refractivity contribution is 0.661. The highest BCUT2D eigenvalue weighted by Gasteiger charge is 2.35. The molecule has 48 heavy (non-hydrogen) atoms. The van der Waals surface area contributed by atoms with Crippen LogP contribution in [0.3, 0.4) is 0 Å². The summed E-state index contributed by atoms with van der Waals surface area (Å²) < 4.78 is 0. The molecule has 9 aromatic rings. The van der Waals surface area contributed by atoms with Crippen LogP contribution in [0.5, 0.6) is 0 Å². The minimum absolute atomic E-state index is 0.0546. The van der Waals surface area contributed by atoms with Gasteiger partial charge < -0.3 is 4.90 Å². The number of rotatable bonds is 3. The van der Waals surface area contributed by atoms with Crippen molar-refractivity contribution in [2.75, 3.05) is 4.90 Å². The minimum Gasteiger partial charge on any atom is -0.310 e. The van der Waals surface area contributed by atoms with Crippen LogP contribution in [0, 0.1) is 0 Å². The molecule has 1 heteroatoms. The van der Waals surface area contributed by atoms with Gasteiger partial charge in [-0.2, -0.15) is 0 Å². The molecule has 0 saturated heterocycles. The molecule has 0 radical (unpaired) electrons. The topological polar surface area (TPSA) is 3.24 Å². The highest BCUT2D eigenvalue weighted by atomic mass is 15.1. The van der Waals surface area contributed by atoms with E-state index in [1.165, 1.54) is 76.1 Å². The fourth-order valence-electron chi connectivity index (χ4n) is 8.35. The number of nitrogens with zero attached hydrogens (tertiary/aromatic N) is 1. The fourth-order valence-corrected chi connectivity index (χ4v) is 8.35. The summed E-state index contributed by atoms with van der Waals surface area (Å²) in [5, 5.41) is 12.7. The molecule has 0 fully saturated rings. The van der Waals surface area contributed by atoms with Gasteiger partial charge in [-0.3, -0.25) is 0 Å². The van der Waals surface area contributed by atoms with Crippen molar-refractivity contribution in [3.8, 4) is 11.1 Å². The molecule has 9 aromatic carbocycles. The third kappa shape index (κ3) is 3.91. The van der Waals surface area contributed by atoms with Crippen molar-refractivity contribution >= 4 is 70.9 Å². The Morgan fingerprint density at radius 1 is 0.333 bits per heavy atom. The van der Waals surface area contributed by atoms with E-state index in [-0.39, 0.29) is 5.41 Å². The van der Waals surface area contributed by atoms with Crippen LogP contribution in [-0.4, -0.2) is 0 Å². The van der Waals surface area contributed by atoms with E-state index in [1.54, 1.807) is 0 Å². The summed E-state index contributed by atoms with van der Waals surface area (Å²) in [6.07, 6.45) is 0. The summed E-state index contributed by atoms with van der Waals surface area (Å²) in [4.78, 5) is 2.42. The molecule has 0 saturated carbocycles. The van der Waals surface area contributed by atoms with Gasteiger partial charge in [0.1, 0.15) is 0 Å². The predicted molar refractivity (Wildman–Crippen MR) is 206 cm³/mol. The molecule has 1 aliphatic rings. The Morgan fingerprint density at radius 3 is 1.48 bits per heavy atom. The molecule has 0 heterocycles. The number of fused-ring (bicyclic) bond motifs is 11. The van der Waals surface area contributed by atoms with Crippen LogP contribution >= 0.6 is 0 Å². The summed E-state index contributed by atoms with van der Waals surface area (Å²) in [6.45, 7) is 4.74. The van der Waals surface area contributed by atoms with Crippen molar-refractivity contribution < 1.29 is 0 Å². The van der Waals surface area contributed by atoms with Crippen LogP contribution < -0.4 is 4.90 Å². The van der Waals surface area contributed by atoms with Gasteiger partial charge in [-0.25, -0.2) is 0 Å². The largest absolute Gasteiger partial charge is 0.310 e. The first kappa shape index (κ1) is 27.2. The maximum absolute atomic E-state index is 2.49. The Bertz CT molecular complexity index is 2690. The van der Waals surface area contributed by atoms with Crippen molar-refractivity contribution in [1.29, 1.82) is 0 Å². The van der Waals surface area contributed by atoms with Gasteiger partial charge in [0.15, 0.2) is 0 Å². The lowest BCUT2D eigenvalue weighted by Crippen LogP contribution is -2.14. The second-order valence-electron chi connectivity index (χ2n) is 13.8. The number of benzene rings is 9. The van der Waals surface area contributed by atoms with Gasteiger partial charge in [-0.15, -0.1) is 0 Å². The van der Waals surface area contributed by atoms with E-state index in [0.717, 1.165) is 17.1 Å². The average molecular weight is 612 g/mol. The van der Waals surface area contributed by atoms with E-state index in [9.17, 15) is 0 Å². The Hall–Kier alpha value is -5.92. The maximum Gasteiger partial charge on any atom is 0.0468 e. The Morgan fingerprint density at radius 2 is 0.812 bits per heavy atom. The van der Waals surface area contributed by atoms with Crippen LogP contribution in [-0.2, 0) is 5.41 Å². The van der Waals surface area contributed by atoms with Crippen molar-refractivity contribution in [3.05, 3.63) is 175 Å². The minimum atomic E-state index is -0.0546. The summed E-state index contributed by atoms with van der Waals surface area (Å²) in [5.41, 5.74) is 8.92. The zero-order valence-corrected chi connectivity index (χ0v) is 27.0. The molecule has 1 aliphatic carbocycles. The molecule has 0 spiro atoms. The monoisotopic (exact) mass is 611 g/mol. The lowest BCUT2D eigenvalue weighted by atomic mass is 9.81. The van der Waals surface area contributed by atoms with Gasteiger partial charge in [0, 0.05) is 22.5 Å². The van der Waals surface area contributed by atoms with Gasteiger partial charge in [-0.1, -0.05) is 129 Å². The van der Waals surface area contributed by atoms with Gasteiger partial charge in [0.25, 0.3) is 0 Å². The summed E-state index contributed by atoms with van der Waals surface area (Å²) in [7, 11) is 0. The highest BCUT2D eigenvalue weighted by Crippen LogP contribution is 2.51. The predicted octanol–water partition coefficient (Wildman–Crippen LogP) is 13.2. The third-order valence-electron chi connectivity index (χ3n) is 10.8. The number of anilines is 3. The van der Waals surface area contributed by atoms with Crippen molar-refractivity contribution in [2.24, 2.45) is 0 Å². The fraction of sp³-hybridized carbons (Fsp3) is 0.0638. The van der Waals surface area contributed by atoms with Crippen LogP contribution in [0.4, 0.5) is 17.1 Å². The maximum atomic E-state index is 2.49. The van der Waals surface area contributed by atoms with Gasteiger partial charge >= 0.3 is 0 Å². The van der Waals surface area contributed by atoms with Gasteiger partial charge in [-0.05, 0) is 125 Å². The molecule has 10 rings (SSSR count). The normalized spacial score (nSPS) is 13.4. The molecule has 0 bridgehead atoms. The zero-order chi connectivity index (χ0) is 32.0. The lowest BCUT2D eigenvalue weighted by Gasteiger charge is -2.27. The Balaban J connectivity index is 1.25. The van der Waals surface area contributed by atoms with Crippen molar-refractivity contribution in [3.63, 3.8) is 0 Å². The molecule has 226 valence electrons. The van der Waals surface area contributed by atoms with E-state index in [2.05, 4.69) is 183 Å². The molecule has 0 aromatic heterocycles. The Labute approximate surface area is 280 Å². The first-order chi connectivity index (χ1) is 23.5. The molecular formula is C47H33N. The van der Waals surface area contributed by atoms with Crippen molar-refractivity contribution in [2.45, 2.75) is 19.3 Å². The van der Waals surface area contributed by atoms with E-state index in [4.69, 9.17) is 0 Å². The quantitative estimate of drug-likeness (QED) is 0.180. The Kier molecular flexibility index (Phi) is 5.69. The zero-order valence-electron chi connectivity index (χ0n) is 27.0. The van der Waals surface area contributed by atoms with E-state index in [0.29, 0.717) is 0 Å². The van der Waals surface area contributed by atoms with Gasteiger partial charge in [0.05, 0.1) is 0 Å². The summed E-state index contributed by atoms with van der Waals surface area (Å²) in [6, 6.07) is 60.8. The molecule has 0 amide bonds. The summed E-state index contributed by atoms with van der Waals surface area (Å²) in [5.74, 6) is 0. The molecule has 0 aliphatic heterocycles. The molecule has 0 atom stereocenters. The smallest absolute Gasteiger partial charge is 0.0468 e. The molecule has 1 nitrogen and oxygen atoms in total.